The summed E-state index contributed by atoms with van der Waals surface area (Å²) in [5.74, 6) is 1.31. The van der Waals surface area contributed by atoms with E-state index in [2.05, 4.69) is 12.2 Å². The minimum Gasteiger partial charge on any atom is -0.317 e. The maximum Gasteiger partial charge on any atom is 0.139 e. The zero-order valence-electron chi connectivity index (χ0n) is 9.14. The van der Waals surface area contributed by atoms with Crippen LogP contribution in [0.3, 0.4) is 0 Å². The summed E-state index contributed by atoms with van der Waals surface area (Å²) < 4.78 is 0. The average Bonchev–Trinajstić information content (AvgIpc) is 3.02. The number of ketones is 1. The lowest BCUT2D eigenvalue weighted by Crippen LogP contribution is -2.41. The highest BCUT2D eigenvalue weighted by Gasteiger charge is 2.39. The molecule has 0 unspecified atom stereocenters. The standard InChI is InChI=1S/C12H21NO/c1-2-12(5-7-13-8-6-12)11(14)9-10-3-4-10/h10,13H,2-9H2,1H3. The zero-order chi connectivity index (χ0) is 10.0. The van der Waals surface area contributed by atoms with E-state index in [4.69, 9.17) is 0 Å². The molecule has 2 heteroatoms. The van der Waals surface area contributed by atoms with E-state index < -0.39 is 0 Å². The molecule has 0 aromatic carbocycles. The predicted molar refractivity (Wildman–Crippen MR) is 57.2 cm³/mol. The molecule has 0 atom stereocenters. The van der Waals surface area contributed by atoms with Crippen LogP contribution in [0.1, 0.15) is 45.4 Å². The van der Waals surface area contributed by atoms with Crippen LogP contribution in [0, 0.1) is 11.3 Å². The first-order valence-corrected chi connectivity index (χ1v) is 6.01. The Bertz CT molecular complexity index is 214. The lowest BCUT2D eigenvalue weighted by atomic mass is 9.72. The Morgan fingerprint density at radius 1 is 1.36 bits per heavy atom. The van der Waals surface area contributed by atoms with Crippen molar-refractivity contribution in [2.45, 2.75) is 45.4 Å². The molecular weight excluding hydrogens is 174 g/mol. The maximum atomic E-state index is 12.2. The first kappa shape index (κ1) is 10.2. The smallest absolute Gasteiger partial charge is 0.139 e. The zero-order valence-corrected chi connectivity index (χ0v) is 9.14. The van der Waals surface area contributed by atoms with Gasteiger partial charge in [-0.25, -0.2) is 0 Å². The van der Waals surface area contributed by atoms with Crippen molar-refractivity contribution in [3.63, 3.8) is 0 Å². The molecular formula is C12H21NO. The molecule has 1 aliphatic carbocycles. The normalized spacial score (nSPS) is 26.1. The number of hydrogen-bond donors (Lipinski definition) is 1. The number of carbonyl (C=O) groups is 1. The Hall–Kier alpha value is -0.370. The predicted octanol–water partition coefficient (Wildman–Crippen LogP) is 2.14. The van der Waals surface area contributed by atoms with Crippen LogP contribution >= 0.6 is 0 Å². The van der Waals surface area contributed by atoms with Gasteiger partial charge in [-0.3, -0.25) is 4.79 Å². The number of piperidine rings is 1. The number of carbonyl (C=O) groups excluding carboxylic acids is 1. The summed E-state index contributed by atoms with van der Waals surface area (Å²) in [7, 11) is 0. The second-order valence-electron chi connectivity index (χ2n) is 4.95. The molecule has 2 nitrogen and oxygen atoms in total. The summed E-state index contributed by atoms with van der Waals surface area (Å²) in [6.07, 6.45) is 6.63. The molecule has 2 fully saturated rings. The Morgan fingerprint density at radius 3 is 2.50 bits per heavy atom. The SMILES string of the molecule is CCC1(C(=O)CC2CC2)CCNCC1. The van der Waals surface area contributed by atoms with Gasteiger partial charge in [0.2, 0.25) is 0 Å². The Balaban J connectivity index is 1.97. The van der Waals surface area contributed by atoms with Crippen LogP contribution in [0.4, 0.5) is 0 Å². The quantitative estimate of drug-likeness (QED) is 0.744. The summed E-state index contributed by atoms with van der Waals surface area (Å²) in [5, 5.41) is 3.35. The fraction of sp³-hybridized carbons (Fsp3) is 0.917. The molecule has 0 bridgehead atoms. The van der Waals surface area contributed by atoms with Crippen molar-refractivity contribution < 1.29 is 4.79 Å². The summed E-state index contributed by atoms with van der Waals surface area (Å²) in [5.41, 5.74) is 0.0494. The molecule has 0 aromatic rings. The van der Waals surface area contributed by atoms with Gasteiger partial charge in [0.25, 0.3) is 0 Å². The lowest BCUT2D eigenvalue weighted by Gasteiger charge is -2.35. The van der Waals surface area contributed by atoms with E-state index in [0.29, 0.717) is 5.78 Å². The second kappa shape index (κ2) is 4.01. The summed E-state index contributed by atoms with van der Waals surface area (Å²) in [6, 6.07) is 0. The van der Waals surface area contributed by atoms with Crippen molar-refractivity contribution in [3.8, 4) is 0 Å². The van der Waals surface area contributed by atoms with Crippen molar-refractivity contribution >= 4 is 5.78 Å². The van der Waals surface area contributed by atoms with Crippen molar-refractivity contribution in [3.05, 3.63) is 0 Å². The molecule has 1 saturated carbocycles. The van der Waals surface area contributed by atoms with E-state index in [-0.39, 0.29) is 5.41 Å². The minimum atomic E-state index is 0.0494. The van der Waals surface area contributed by atoms with Crippen LogP contribution < -0.4 is 5.32 Å². The molecule has 2 rings (SSSR count). The summed E-state index contributed by atoms with van der Waals surface area (Å²) in [4.78, 5) is 12.2. The van der Waals surface area contributed by atoms with Gasteiger partial charge < -0.3 is 5.32 Å². The first-order chi connectivity index (χ1) is 6.77. The molecule has 0 radical (unpaired) electrons. The highest BCUT2D eigenvalue weighted by Crippen LogP contribution is 2.40. The lowest BCUT2D eigenvalue weighted by molar-refractivity contribution is -0.130. The highest BCUT2D eigenvalue weighted by molar-refractivity contribution is 5.85. The van der Waals surface area contributed by atoms with Gasteiger partial charge in [0.15, 0.2) is 0 Å². The van der Waals surface area contributed by atoms with E-state index >= 15 is 0 Å². The molecule has 0 spiro atoms. The second-order valence-corrected chi connectivity index (χ2v) is 4.95. The number of rotatable bonds is 4. The molecule has 14 heavy (non-hydrogen) atoms. The Labute approximate surface area is 86.5 Å². The van der Waals surface area contributed by atoms with Gasteiger partial charge in [-0.15, -0.1) is 0 Å². The van der Waals surface area contributed by atoms with Crippen LogP contribution in [0.15, 0.2) is 0 Å². The van der Waals surface area contributed by atoms with Crippen molar-refractivity contribution in [2.24, 2.45) is 11.3 Å². The molecule has 1 N–H and O–H groups in total. The monoisotopic (exact) mass is 195 g/mol. The number of Topliss-reactive ketones (excluding diaryl/α,β-unsaturated/α-hetero) is 1. The van der Waals surface area contributed by atoms with E-state index in [0.717, 1.165) is 44.7 Å². The molecule has 0 aromatic heterocycles. The average molecular weight is 195 g/mol. The fourth-order valence-corrected chi connectivity index (χ4v) is 2.54. The third-order valence-electron chi connectivity index (χ3n) is 4.00. The Morgan fingerprint density at radius 2 is 2.00 bits per heavy atom. The molecule has 80 valence electrons. The van der Waals surface area contributed by atoms with Gasteiger partial charge >= 0.3 is 0 Å². The van der Waals surface area contributed by atoms with Gasteiger partial charge in [-0.05, 0) is 51.1 Å². The topological polar surface area (TPSA) is 29.1 Å². The van der Waals surface area contributed by atoms with Gasteiger partial charge in [0, 0.05) is 11.8 Å². The minimum absolute atomic E-state index is 0.0494. The highest BCUT2D eigenvalue weighted by atomic mass is 16.1. The molecule has 0 amide bonds. The molecule has 1 saturated heterocycles. The largest absolute Gasteiger partial charge is 0.317 e. The van der Waals surface area contributed by atoms with Crippen LogP contribution in [0.2, 0.25) is 0 Å². The number of nitrogens with one attached hydrogen (secondary N) is 1. The molecule has 1 aliphatic heterocycles. The van der Waals surface area contributed by atoms with Gasteiger partial charge in [0.05, 0.1) is 0 Å². The third kappa shape index (κ3) is 2.00. The van der Waals surface area contributed by atoms with E-state index in [9.17, 15) is 4.79 Å². The van der Waals surface area contributed by atoms with Gasteiger partial charge in [-0.1, -0.05) is 6.92 Å². The third-order valence-corrected chi connectivity index (χ3v) is 4.00. The van der Waals surface area contributed by atoms with Crippen LogP contribution in [0.25, 0.3) is 0 Å². The van der Waals surface area contributed by atoms with Gasteiger partial charge in [-0.2, -0.15) is 0 Å². The van der Waals surface area contributed by atoms with Crippen molar-refractivity contribution in [2.75, 3.05) is 13.1 Å². The van der Waals surface area contributed by atoms with E-state index in [1.54, 1.807) is 0 Å². The Kier molecular flexibility index (Phi) is 2.91. The van der Waals surface area contributed by atoms with Crippen LogP contribution in [-0.4, -0.2) is 18.9 Å². The first-order valence-electron chi connectivity index (χ1n) is 6.01. The maximum absolute atomic E-state index is 12.2. The van der Waals surface area contributed by atoms with E-state index in [1.165, 1.54) is 12.8 Å². The van der Waals surface area contributed by atoms with Crippen molar-refractivity contribution in [1.82, 2.24) is 5.32 Å². The fourth-order valence-electron chi connectivity index (χ4n) is 2.54. The number of hydrogen-bond acceptors (Lipinski definition) is 2. The van der Waals surface area contributed by atoms with Crippen molar-refractivity contribution in [1.29, 1.82) is 0 Å². The summed E-state index contributed by atoms with van der Waals surface area (Å²) in [6.45, 7) is 4.24. The van der Waals surface area contributed by atoms with E-state index in [1.807, 2.05) is 0 Å². The van der Waals surface area contributed by atoms with Crippen LogP contribution in [0.5, 0.6) is 0 Å². The van der Waals surface area contributed by atoms with Gasteiger partial charge in [0.1, 0.15) is 5.78 Å². The molecule has 1 heterocycles. The van der Waals surface area contributed by atoms with Crippen LogP contribution in [-0.2, 0) is 4.79 Å². The molecule has 2 aliphatic rings. The summed E-state index contributed by atoms with van der Waals surface area (Å²) >= 11 is 0.